The third kappa shape index (κ3) is 5.09. The van der Waals surface area contributed by atoms with Crippen LogP contribution in [0, 0.1) is 0 Å². The van der Waals surface area contributed by atoms with Gasteiger partial charge in [0.25, 0.3) is 0 Å². The van der Waals surface area contributed by atoms with Crippen molar-refractivity contribution in [3.63, 3.8) is 0 Å². The van der Waals surface area contributed by atoms with Gasteiger partial charge in [0.05, 0.1) is 6.54 Å². The molecular formula is C12H16F5NO2. The zero-order chi connectivity index (χ0) is 15.4. The summed E-state index contributed by atoms with van der Waals surface area (Å²) in [5, 5.41) is 3.07. The number of alkyl halides is 5. The Morgan fingerprint density at radius 2 is 1.75 bits per heavy atom. The largest absolute Gasteiger partial charge is 0.462 e. The molecule has 20 heavy (non-hydrogen) atoms. The minimum Gasteiger partial charge on any atom is -0.462 e. The highest BCUT2D eigenvalue weighted by Gasteiger charge is 2.57. The van der Waals surface area contributed by atoms with Crippen molar-refractivity contribution in [3.05, 3.63) is 23.7 Å². The quantitative estimate of drug-likeness (QED) is 0.783. The van der Waals surface area contributed by atoms with Gasteiger partial charge in [-0.3, -0.25) is 0 Å². The summed E-state index contributed by atoms with van der Waals surface area (Å²) in [5.74, 6) is -4.11. The summed E-state index contributed by atoms with van der Waals surface area (Å²) in [5.41, 5.74) is 0. The molecule has 0 aliphatic carbocycles. The molecule has 1 rings (SSSR count). The second-order valence-electron chi connectivity index (χ2n) is 4.60. The van der Waals surface area contributed by atoms with Crippen LogP contribution in [0.5, 0.6) is 0 Å². The van der Waals surface area contributed by atoms with Crippen LogP contribution < -0.4 is 5.32 Å². The smallest absolute Gasteiger partial charge is 0.455 e. The fourth-order valence-corrected chi connectivity index (χ4v) is 1.26. The molecule has 1 aromatic rings. The normalized spacial score (nSPS) is 13.2. The van der Waals surface area contributed by atoms with Crippen LogP contribution in [-0.4, -0.2) is 24.7 Å². The highest BCUT2D eigenvalue weighted by atomic mass is 19.4. The lowest BCUT2D eigenvalue weighted by atomic mass is 10.3. The number of hydrogen-bond acceptors (Lipinski definition) is 3. The van der Waals surface area contributed by atoms with E-state index in [2.05, 4.69) is 10.1 Å². The van der Waals surface area contributed by atoms with Gasteiger partial charge in [-0.25, -0.2) is 0 Å². The van der Waals surface area contributed by atoms with Gasteiger partial charge in [-0.05, 0) is 12.1 Å². The molecule has 1 aromatic heterocycles. The van der Waals surface area contributed by atoms with Crippen LogP contribution in [0.4, 0.5) is 22.0 Å². The first kappa shape index (κ1) is 16.9. The molecule has 0 bridgehead atoms. The first-order valence-corrected chi connectivity index (χ1v) is 5.95. The number of ether oxygens (including phenoxy) is 1. The van der Waals surface area contributed by atoms with Crippen LogP contribution in [0.2, 0.25) is 0 Å². The topological polar surface area (TPSA) is 34.4 Å². The molecule has 0 atom stereocenters. The first-order valence-electron chi connectivity index (χ1n) is 5.95. The summed E-state index contributed by atoms with van der Waals surface area (Å²) in [6.45, 7) is 2.15. The minimum absolute atomic E-state index is 0.198. The van der Waals surface area contributed by atoms with Gasteiger partial charge in [-0.1, -0.05) is 13.8 Å². The summed E-state index contributed by atoms with van der Waals surface area (Å²) in [4.78, 5) is 0. The fraction of sp³-hybridized carbons (Fsp3) is 0.667. The Balaban J connectivity index is 2.39. The molecule has 1 heterocycles. The van der Waals surface area contributed by atoms with Crippen molar-refractivity contribution in [1.29, 1.82) is 0 Å². The Kier molecular flexibility index (Phi) is 5.52. The van der Waals surface area contributed by atoms with Crippen molar-refractivity contribution in [3.8, 4) is 0 Å². The van der Waals surface area contributed by atoms with E-state index in [1.54, 1.807) is 6.07 Å². The molecule has 0 aliphatic heterocycles. The van der Waals surface area contributed by atoms with E-state index in [0.29, 0.717) is 12.3 Å². The molecule has 0 unspecified atom stereocenters. The maximum Gasteiger partial charge on any atom is 0.455 e. The van der Waals surface area contributed by atoms with Gasteiger partial charge in [0.15, 0.2) is 0 Å². The van der Waals surface area contributed by atoms with Gasteiger partial charge in [0.2, 0.25) is 0 Å². The van der Waals surface area contributed by atoms with E-state index in [0.717, 1.165) is 0 Å². The molecule has 0 saturated heterocycles. The summed E-state index contributed by atoms with van der Waals surface area (Å²) in [7, 11) is 0. The van der Waals surface area contributed by atoms with E-state index in [4.69, 9.17) is 4.42 Å². The van der Waals surface area contributed by atoms with Crippen LogP contribution in [0.1, 0.15) is 25.4 Å². The second-order valence-corrected chi connectivity index (χ2v) is 4.60. The highest BCUT2D eigenvalue weighted by Crippen LogP contribution is 2.35. The number of halogens is 5. The van der Waals surface area contributed by atoms with E-state index < -0.39 is 25.3 Å². The molecule has 116 valence electrons. The average Bonchev–Trinajstić information content (AvgIpc) is 2.72. The number of hydrogen-bond donors (Lipinski definition) is 1. The number of furan rings is 1. The monoisotopic (exact) mass is 301 g/mol. The Labute approximate surface area is 113 Å². The van der Waals surface area contributed by atoms with Crippen molar-refractivity contribution in [2.45, 2.75) is 45.1 Å². The average molecular weight is 301 g/mol. The van der Waals surface area contributed by atoms with Crippen molar-refractivity contribution >= 4 is 0 Å². The molecule has 0 aromatic carbocycles. The van der Waals surface area contributed by atoms with Crippen LogP contribution in [0.3, 0.4) is 0 Å². The Morgan fingerprint density at radius 3 is 2.30 bits per heavy atom. The zero-order valence-corrected chi connectivity index (χ0v) is 11.1. The minimum atomic E-state index is -5.61. The predicted octanol–water partition coefficient (Wildman–Crippen LogP) is 3.49. The molecule has 8 heteroatoms. The van der Waals surface area contributed by atoms with Crippen LogP contribution in [0.25, 0.3) is 0 Å². The van der Waals surface area contributed by atoms with E-state index in [1.807, 2.05) is 13.8 Å². The van der Waals surface area contributed by atoms with Crippen molar-refractivity contribution in [2.24, 2.45) is 0 Å². The standard InChI is InChI=1S/C12H16F5NO2/c1-8(2)18-5-9-3-4-10(20-9)6-19-7-11(13,14)12(15,16)17/h3-4,8,18H,5-7H2,1-2H3. The van der Waals surface area contributed by atoms with Gasteiger partial charge >= 0.3 is 12.1 Å². The Bertz CT molecular complexity index is 414. The van der Waals surface area contributed by atoms with Crippen molar-refractivity contribution < 1.29 is 31.1 Å². The van der Waals surface area contributed by atoms with E-state index in [9.17, 15) is 22.0 Å². The number of rotatable bonds is 7. The SMILES string of the molecule is CC(C)NCc1ccc(COCC(F)(F)C(F)(F)F)o1. The molecule has 3 nitrogen and oxygen atoms in total. The summed E-state index contributed by atoms with van der Waals surface area (Å²) < 4.78 is 70.3. The fourth-order valence-electron chi connectivity index (χ4n) is 1.26. The zero-order valence-electron chi connectivity index (χ0n) is 11.1. The third-order valence-corrected chi connectivity index (χ3v) is 2.34. The van der Waals surface area contributed by atoms with Gasteiger partial charge in [0, 0.05) is 6.04 Å². The van der Waals surface area contributed by atoms with Gasteiger partial charge in [-0.15, -0.1) is 0 Å². The Morgan fingerprint density at radius 1 is 1.15 bits per heavy atom. The maximum absolute atomic E-state index is 12.6. The summed E-state index contributed by atoms with van der Waals surface area (Å²) in [6.07, 6.45) is -5.61. The summed E-state index contributed by atoms with van der Waals surface area (Å²) in [6, 6.07) is 3.32. The molecule has 0 amide bonds. The molecular weight excluding hydrogens is 285 g/mol. The lowest BCUT2D eigenvalue weighted by Gasteiger charge is -2.18. The van der Waals surface area contributed by atoms with Crippen LogP contribution >= 0.6 is 0 Å². The van der Waals surface area contributed by atoms with Gasteiger partial charge in [0.1, 0.15) is 24.7 Å². The van der Waals surface area contributed by atoms with Crippen molar-refractivity contribution in [1.82, 2.24) is 5.32 Å². The second kappa shape index (κ2) is 6.53. The molecule has 0 spiro atoms. The van der Waals surface area contributed by atoms with E-state index in [1.165, 1.54) is 6.07 Å². The molecule has 0 radical (unpaired) electrons. The highest BCUT2D eigenvalue weighted by molar-refractivity contribution is 5.06. The maximum atomic E-state index is 12.6. The molecule has 0 saturated carbocycles. The van der Waals surface area contributed by atoms with Gasteiger partial charge < -0.3 is 14.5 Å². The molecule has 0 fully saturated rings. The van der Waals surface area contributed by atoms with Crippen LogP contribution in [0.15, 0.2) is 16.5 Å². The lowest BCUT2D eigenvalue weighted by molar-refractivity contribution is -0.297. The lowest BCUT2D eigenvalue weighted by Crippen LogP contribution is -2.40. The molecule has 0 aliphatic rings. The van der Waals surface area contributed by atoms with Gasteiger partial charge in [-0.2, -0.15) is 22.0 Å². The van der Waals surface area contributed by atoms with E-state index in [-0.39, 0.29) is 11.8 Å². The predicted molar refractivity (Wildman–Crippen MR) is 61.3 cm³/mol. The molecule has 1 N–H and O–H groups in total. The summed E-state index contributed by atoms with van der Waals surface area (Å²) >= 11 is 0. The third-order valence-electron chi connectivity index (χ3n) is 2.34. The van der Waals surface area contributed by atoms with Crippen LogP contribution in [-0.2, 0) is 17.9 Å². The van der Waals surface area contributed by atoms with E-state index >= 15 is 0 Å². The number of nitrogens with one attached hydrogen (secondary N) is 1. The first-order chi connectivity index (χ1) is 9.12. The van der Waals surface area contributed by atoms with Crippen molar-refractivity contribution in [2.75, 3.05) is 6.61 Å². The Hall–Kier alpha value is -1.15.